The van der Waals surface area contributed by atoms with E-state index in [1.807, 2.05) is 41.3 Å². The number of amides is 1. The summed E-state index contributed by atoms with van der Waals surface area (Å²) < 4.78 is 5.60. The molecular weight excluding hydrogens is 332 g/mol. The molecule has 0 unspecified atom stereocenters. The van der Waals surface area contributed by atoms with Gasteiger partial charge >= 0.3 is 0 Å². The van der Waals surface area contributed by atoms with Gasteiger partial charge in [-0.15, -0.1) is 11.8 Å². The first-order valence-corrected chi connectivity index (χ1v) is 9.42. The SMILES string of the molecule is O=C(c1noc2c1CSc1ccccc1-2)N1CCCc2ccccc21. The van der Waals surface area contributed by atoms with Crippen LogP contribution in [0.1, 0.15) is 28.0 Å². The number of hydrogen-bond donors (Lipinski definition) is 0. The molecule has 0 fully saturated rings. The molecule has 1 amide bonds. The zero-order chi connectivity index (χ0) is 16.8. The van der Waals surface area contributed by atoms with E-state index in [0.29, 0.717) is 11.4 Å². The second-order valence-electron chi connectivity index (χ2n) is 6.31. The minimum atomic E-state index is -0.0582. The Morgan fingerprint density at radius 2 is 1.96 bits per heavy atom. The van der Waals surface area contributed by atoms with Crippen LogP contribution in [-0.2, 0) is 12.2 Å². The van der Waals surface area contributed by atoms with Crippen molar-refractivity contribution in [2.75, 3.05) is 11.4 Å². The Labute approximate surface area is 149 Å². The van der Waals surface area contributed by atoms with Gasteiger partial charge in [-0.05, 0) is 36.6 Å². The van der Waals surface area contributed by atoms with E-state index < -0.39 is 0 Å². The molecule has 0 saturated heterocycles. The molecular formula is C20H16N2O2S. The van der Waals surface area contributed by atoms with Crippen molar-refractivity contribution >= 4 is 23.4 Å². The molecule has 1 aromatic heterocycles. The van der Waals surface area contributed by atoms with Crippen molar-refractivity contribution in [2.45, 2.75) is 23.5 Å². The molecule has 124 valence electrons. The quantitative estimate of drug-likeness (QED) is 0.648. The van der Waals surface area contributed by atoms with Crippen LogP contribution in [0.5, 0.6) is 0 Å². The average Bonchev–Trinajstić information content (AvgIpc) is 3.11. The third-order valence-corrected chi connectivity index (χ3v) is 5.95. The van der Waals surface area contributed by atoms with Gasteiger partial charge in [0, 0.05) is 34.0 Å². The molecule has 0 spiro atoms. The Balaban J connectivity index is 1.56. The number of rotatable bonds is 1. The molecule has 5 heteroatoms. The Bertz CT molecular complexity index is 979. The van der Waals surface area contributed by atoms with Crippen molar-refractivity contribution in [3.05, 3.63) is 65.4 Å². The molecule has 0 atom stereocenters. The highest BCUT2D eigenvalue weighted by Gasteiger charge is 2.32. The number of fused-ring (bicyclic) bond motifs is 4. The van der Waals surface area contributed by atoms with Crippen molar-refractivity contribution in [1.82, 2.24) is 5.16 Å². The number of para-hydroxylation sites is 1. The Hall–Kier alpha value is -2.53. The van der Waals surface area contributed by atoms with Crippen molar-refractivity contribution in [1.29, 1.82) is 0 Å². The number of thioether (sulfide) groups is 1. The number of carbonyl (C=O) groups excluding carboxylic acids is 1. The second-order valence-corrected chi connectivity index (χ2v) is 7.33. The van der Waals surface area contributed by atoms with Crippen LogP contribution in [0.25, 0.3) is 11.3 Å². The van der Waals surface area contributed by atoms with Crippen molar-refractivity contribution in [3.8, 4) is 11.3 Å². The molecule has 25 heavy (non-hydrogen) atoms. The number of aromatic nitrogens is 1. The van der Waals surface area contributed by atoms with Gasteiger partial charge in [-0.25, -0.2) is 0 Å². The van der Waals surface area contributed by atoms with E-state index >= 15 is 0 Å². The molecule has 3 aromatic rings. The van der Waals surface area contributed by atoms with Gasteiger partial charge in [-0.3, -0.25) is 4.79 Å². The molecule has 2 aliphatic rings. The summed E-state index contributed by atoms with van der Waals surface area (Å²) in [4.78, 5) is 16.2. The molecule has 0 N–H and O–H groups in total. The topological polar surface area (TPSA) is 46.3 Å². The van der Waals surface area contributed by atoms with Crippen LogP contribution < -0.4 is 4.90 Å². The minimum absolute atomic E-state index is 0.0582. The summed E-state index contributed by atoms with van der Waals surface area (Å²) >= 11 is 1.73. The molecule has 4 nitrogen and oxygen atoms in total. The maximum Gasteiger partial charge on any atom is 0.280 e. The average molecular weight is 348 g/mol. The highest BCUT2D eigenvalue weighted by molar-refractivity contribution is 7.98. The first-order chi connectivity index (χ1) is 12.3. The third-order valence-electron chi connectivity index (χ3n) is 4.85. The summed E-state index contributed by atoms with van der Waals surface area (Å²) in [5.74, 6) is 1.40. The molecule has 0 aliphatic carbocycles. The van der Waals surface area contributed by atoms with Crippen molar-refractivity contribution < 1.29 is 9.32 Å². The van der Waals surface area contributed by atoms with Gasteiger partial charge in [0.15, 0.2) is 11.5 Å². The fraction of sp³-hybridized carbons (Fsp3) is 0.200. The summed E-state index contributed by atoms with van der Waals surface area (Å²) in [7, 11) is 0. The minimum Gasteiger partial charge on any atom is -0.355 e. The lowest BCUT2D eigenvalue weighted by molar-refractivity contribution is 0.0976. The van der Waals surface area contributed by atoms with Crippen LogP contribution >= 0.6 is 11.8 Å². The fourth-order valence-corrected chi connectivity index (χ4v) is 4.68. The molecule has 2 aliphatic heterocycles. The summed E-state index contributed by atoms with van der Waals surface area (Å²) in [6, 6.07) is 16.2. The molecule has 2 aromatic carbocycles. The lowest BCUT2D eigenvalue weighted by atomic mass is 10.0. The predicted octanol–water partition coefficient (Wildman–Crippen LogP) is 4.54. The summed E-state index contributed by atoms with van der Waals surface area (Å²) in [6.07, 6.45) is 1.99. The number of nitrogens with zero attached hydrogens (tertiary/aromatic N) is 2. The van der Waals surface area contributed by atoms with Crippen LogP contribution in [0.15, 0.2) is 57.9 Å². The van der Waals surface area contributed by atoms with Gasteiger partial charge in [0.05, 0.1) is 0 Å². The zero-order valence-electron chi connectivity index (χ0n) is 13.6. The lowest BCUT2D eigenvalue weighted by Crippen LogP contribution is -2.36. The van der Waals surface area contributed by atoms with E-state index in [9.17, 15) is 4.79 Å². The fourth-order valence-electron chi connectivity index (χ4n) is 3.63. The van der Waals surface area contributed by atoms with E-state index in [2.05, 4.69) is 17.3 Å². The van der Waals surface area contributed by atoms with Crippen LogP contribution in [0.3, 0.4) is 0 Å². The van der Waals surface area contributed by atoms with Gasteiger partial charge in [-0.2, -0.15) is 0 Å². The number of anilines is 1. The Kier molecular flexibility index (Phi) is 3.41. The van der Waals surface area contributed by atoms with Gasteiger partial charge in [-0.1, -0.05) is 35.5 Å². The number of benzene rings is 2. The zero-order valence-corrected chi connectivity index (χ0v) is 14.4. The van der Waals surface area contributed by atoms with Gasteiger partial charge < -0.3 is 9.42 Å². The van der Waals surface area contributed by atoms with Crippen LogP contribution in [0, 0.1) is 0 Å². The standard InChI is InChI=1S/C20H16N2O2S/c23-20(22-11-5-7-13-6-1-3-9-16(13)22)18-15-12-25-17-10-4-2-8-14(17)19(15)24-21-18/h1-4,6,8-10H,5,7,11-12H2. The van der Waals surface area contributed by atoms with Gasteiger partial charge in [0.25, 0.3) is 5.91 Å². The van der Waals surface area contributed by atoms with E-state index in [0.717, 1.165) is 42.0 Å². The summed E-state index contributed by atoms with van der Waals surface area (Å²) in [5.41, 5.74) is 4.61. The molecule has 0 radical (unpaired) electrons. The third kappa shape index (κ3) is 2.30. The van der Waals surface area contributed by atoms with Crippen molar-refractivity contribution in [2.24, 2.45) is 0 Å². The van der Waals surface area contributed by atoms with Gasteiger partial charge in [0.2, 0.25) is 0 Å². The van der Waals surface area contributed by atoms with Crippen molar-refractivity contribution in [3.63, 3.8) is 0 Å². The predicted molar refractivity (Wildman–Crippen MR) is 97.9 cm³/mol. The first kappa shape index (κ1) is 14.8. The highest BCUT2D eigenvalue weighted by Crippen LogP contribution is 2.43. The normalized spacial score (nSPS) is 15.3. The van der Waals surface area contributed by atoms with E-state index in [4.69, 9.17) is 4.52 Å². The number of carbonyl (C=O) groups is 1. The van der Waals surface area contributed by atoms with Crippen LogP contribution in [0.4, 0.5) is 5.69 Å². The smallest absolute Gasteiger partial charge is 0.280 e. The van der Waals surface area contributed by atoms with Gasteiger partial charge in [0.1, 0.15) is 0 Å². The van der Waals surface area contributed by atoms with Crippen LogP contribution in [-0.4, -0.2) is 17.6 Å². The summed E-state index contributed by atoms with van der Waals surface area (Å²) in [6.45, 7) is 0.723. The van der Waals surface area contributed by atoms with E-state index in [-0.39, 0.29) is 5.91 Å². The monoisotopic (exact) mass is 348 g/mol. The van der Waals surface area contributed by atoms with Crippen LogP contribution in [0.2, 0.25) is 0 Å². The molecule has 0 bridgehead atoms. The first-order valence-electron chi connectivity index (χ1n) is 8.43. The van der Waals surface area contributed by atoms with E-state index in [1.165, 1.54) is 10.5 Å². The Morgan fingerprint density at radius 1 is 1.12 bits per heavy atom. The Morgan fingerprint density at radius 3 is 2.92 bits per heavy atom. The number of aryl methyl sites for hydroxylation is 1. The summed E-state index contributed by atoms with van der Waals surface area (Å²) in [5, 5.41) is 4.17. The maximum absolute atomic E-state index is 13.2. The molecule has 0 saturated carbocycles. The highest BCUT2D eigenvalue weighted by atomic mass is 32.2. The maximum atomic E-state index is 13.2. The van der Waals surface area contributed by atoms with E-state index in [1.54, 1.807) is 11.8 Å². The lowest BCUT2D eigenvalue weighted by Gasteiger charge is -2.29. The largest absolute Gasteiger partial charge is 0.355 e. The molecule has 5 rings (SSSR count). The molecule has 3 heterocycles. The number of hydrogen-bond acceptors (Lipinski definition) is 4. The second kappa shape index (κ2) is 5.77.